The fourth-order valence-electron chi connectivity index (χ4n) is 2.40. The molecular formula is C13H27Cl2N3O. The number of nitrogens with two attached hydrogens (primary N) is 1. The molecule has 0 aromatic carbocycles. The van der Waals surface area contributed by atoms with Crippen molar-refractivity contribution in [2.75, 3.05) is 26.2 Å². The van der Waals surface area contributed by atoms with Gasteiger partial charge >= 0.3 is 0 Å². The fourth-order valence-corrected chi connectivity index (χ4v) is 2.40. The molecule has 3 N–H and O–H groups in total. The van der Waals surface area contributed by atoms with Gasteiger partial charge in [0.05, 0.1) is 5.54 Å². The number of likely N-dealkylation sites (tertiary alicyclic amines) is 1. The molecule has 1 aliphatic heterocycles. The second-order valence-corrected chi connectivity index (χ2v) is 5.52. The van der Waals surface area contributed by atoms with Gasteiger partial charge in [-0.1, -0.05) is 12.8 Å². The summed E-state index contributed by atoms with van der Waals surface area (Å²) in [6.45, 7) is 4.34. The number of nitrogens with one attached hydrogen (secondary N) is 1. The highest BCUT2D eigenvalue weighted by Gasteiger charge is 2.45. The van der Waals surface area contributed by atoms with E-state index < -0.39 is 5.54 Å². The van der Waals surface area contributed by atoms with Gasteiger partial charge in [0, 0.05) is 6.54 Å². The highest BCUT2D eigenvalue weighted by molar-refractivity contribution is 5.88. The van der Waals surface area contributed by atoms with Crippen LogP contribution >= 0.6 is 24.8 Å². The van der Waals surface area contributed by atoms with Gasteiger partial charge in [0.2, 0.25) is 5.91 Å². The van der Waals surface area contributed by atoms with Crippen molar-refractivity contribution in [2.24, 2.45) is 5.73 Å². The van der Waals surface area contributed by atoms with E-state index in [1.54, 1.807) is 0 Å². The molecule has 0 radical (unpaired) electrons. The van der Waals surface area contributed by atoms with E-state index in [0.717, 1.165) is 32.4 Å². The lowest BCUT2D eigenvalue weighted by Gasteiger charge is -2.19. The van der Waals surface area contributed by atoms with Crippen molar-refractivity contribution in [3.05, 3.63) is 0 Å². The molecule has 1 amide bonds. The minimum absolute atomic E-state index is 0. The van der Waals surface area contributed by atoms with Crippen LogP contribution in [0, 0.1) is 0 Å². The van der Waals surface area contributed by atoms with Crippen LogP contribution in [0.25, 0.3) is 0 Å². The number of halogens is 2. The molecule has 0 aromatic rings. The topological polar surface area (TPSA) is 58.4 Å². The molecule has 19 heavy (non-hydrogen) atoms. The number of hydrogen-bond acceptors (Lipinski definition) is 3. The first-order chi connectivity index (χ1) is 8.21. The van der Waals surface area contributed by atoms with Crippen LogP contribution in [0.5, 0.6) is 0 Å². The van der Waals surface area contributed by atoms with Gasteiger partial charge < -0.3 is 16.0 Å². The van der Waals surface area contributed by atoms with E-state index in [1.165, 1.54) is 38.8 Å². The molecule has 2 aliphatic rings. The van der Waals surface area contributed by atoms with Gasteiger partial charge in [0.25, 0.3) is 0 Å². The lowest BCUT2D eigenvalue weighted by Crippen LogP contribution is -2.43. The summed E-state index contributed by atoms with van der Waals surface area (Å²) in [6.07, 6.45) is 8.17. The largest absolute Gasteiger partial charge is 0.354 e. The molecule has 0 aromatic heterocycles. The van der Waals surface area contributed by atoms with Gasteiger partial charge in [-0.3, -0.25) is 4.79 Å². The summed E-state index contributed by atoms with van der Waals surface area (Å²) in [6, 6.07) is 0. The molecule has 2 rings (SSSR count). The van der Waals surface area contributed by atoms with E-state index in [2.05, 4.69) is 10.2 Å². The molecule has 1 heterocycles. The zero-order chi connectivity index (χ0) is 12.1. The van der Waals surface area contributed by atoms with Gasteiger partial charge in [-0.25, -0.2) is 0 Å². The van der Waals surface area contributed by atoms with Crippen molar-refractivity contribution >= 4 is 30.7 Å². The Bertz CT molecular complexity index is 265. The van der Waals surface area contributed by atoms with Crippen molar-refractivity contribution in [3.8, 4) is 0 Å². The minimum atomic E-state index is -0.511. The number of nitrogens with zero attached hydrogens (tertiary/aromatic N) is 1. The first-order valence-electron chi connectivity index (χ1n) is 7.00. The highest BCUT2D eigenvalue weighted by atomic mass is 35.5. The fraction of sp³-hybridized carbons (Fsp3) is 0.923. The molecule has 2 fully saturated rings. The van der Waals surface area contributed by atoms with E-state index in [4.69, 9.17) is 5.73 Å². The first kappa shape index (κ1) is 19.0. The Balaban J connectivity index is 0.00000162. The first-order valence-corrected chi connectivity index (χ1v) is 7.00. The molecule has 1 saturated heterocycles. The normalized spacial score (nSPS) is 21.5. The van der Waals surface area contributed by atoms with Gasteiger partial charge in [0.1, 0.15) is 0 Å². The molecule has 6 heteroatoms. The molecule has 0 bridgehead atoms. The SMILES string of the molecule is Cl.Cl.NC1(C(=O)NCCCN2CCCCCC2)CC1. The van der Waals surface area contributed by atoms with Crippen molar-refractivity contribution in [1.29, 1.82) is 0 Å². The average molecular weight is 312 g/mol. The Hall–Kier alpha value is -0.0300. The predicted molar refractivity (Wildman–Crippen MR) is 83.2 cm³/mol. The Labute approximate surface area is 128 Å². The zero-order valence-corrected chi connectivity index (χ0v) is 13.2. The van der Waals surface area contributed by atoms with Crippen LogP contribution in [-0.2, 0) is 4.79 Å². The zero-order valence-electron chi connectivity index (χ0n) is 11.5. The summed E-state index contributed by atoms with van der Waals surface area (Å²) in [4.78, 5) is 14.1. The molecule has 0 atom stereocenters. The van der Waals surface area contributed by atoms with E-state index in [-0.39, 0.29) is 30.7 Å². The Morgan fingerprint density at radius 3 is 2.21 bits per heavy atom. The maximum absolute atomic E-state index is 11.6. The van der Waals surface area contributed by atoms with Crippen LogP contribution in [0.2, 0.25) is 0 Å². The monoisotopic (exact) mass is 311 g/mol. The molecule has 1 saturated carbocycles. The van der Waals surface area contributed by atoms with Crippen LogP contribution in [-0.4, -0.2) is 42.5 Å². The van der Waals surface area contributed by atoms with Crippen molar-refractivity contribution in [1.82, 2.24) is 10.2 Å². The number of carbonyl (C=O) groups excluding carboxylic acids is 1. The lowest BCUT2D eigenvalue weighted by atomic mass is 10.2. The third-order valence-electron chi connectivity index (χ3n) is 3.88. The molecule has 0 spiro atoms. The van der Waals surface area contributed by atoms with Gasteiger partial charge in [-0.05, 0) is 51.7 Å². The van der Waals surface area contributed by atoms with Crippen LogP contribution in [0.4, 0.5) is 0 Å². The van der Waals surface area contributed by atoms with Gasteiger partial charge in [-0.2, -0.15) is 0 Å². The highest BCUT2D eigenvalue weighted by Crippen LogP contribution is 2.31. The lowest BCUT2D eigenvalue weighted by molar-refractivity contribution is -0.123. The van der Waals surface area contributed by atoms with Crippen LogP contribution in [0.1, 0.15) is 44.9 Å². The third kappa shape index (κ3) is 6.30. The maximum Gasteiger partial charge on any atom is 0.240 e. The number of rotatable bonds is 5. The second kappa shape index (κ2) is 9.01. The maximum atomic E-state index is 11.6. The van der Waals surface area contributed by atoms with E-state index in [1.807, 2.05) is 0 Å². The quantitative estimate of drug-likeness (QED) is 0.760. The Morgan fingerprint density at radius 2 is 1.68 bits per heavy atom. The molecule has 4 nitrogen and oxygen atoms in total. The van der Waals surface area contributed by atoms with Crippen LogP contribution < -0.4 is 11.1 Å². The van der Waals surface area contributed by atoms with Gasteiger partial charge in [-0.15, -0.1) is 24.8 Å². The standard InChI is InChI=1S/C13H25N3O.2ClH/c14-13(6-7-13)12(17)15-8-5-11-16-9-3-1-2-4-10-16;;/h1-11,14H2,(H,15,17);2*1H. The van der Waals surface area contributed by atoms with Crippen LogP contribution in [0.3, 0.4) is 0 Å². The van der Waals surface area contributed by atoms with Crippen molar-refractivity contribution in [3.63, 3.8) is 0 Å². The van der Waals surface area contributed by atoms with Gasteiger partial charge in [0.15, 0.2) is 0 Å². The third-order valence-corrected chi connectivity index (χ3v) is 3.88. The van der Waals surface area contributed by atoms with Crippen LogP contribution in [0.15, 0.2) is 0 Å². The number of hydrogen-bond donors (Lipinski definition) is 2. The molecule has 114 valence electrons. The molecule has 1 aliphatic carbocycles. The summed E-state index contributed by atoms with van der Waals surface area (Å²) in [5.41, 5.74) is 5.30. The Morgan fingerprint density at radius 1 is 1.11 bits per heavy atom. The molecular weight excluding hydrogens is 285 g/mol. The summed E-state index contributed by atoms with van der Waals surface area (Å²) in [5, 5.41) is 2.95. The van der Waals surface area contributed by atoms with E-state index >= 15 is 0 Å². The van der Waals surface area contributed by atoms with E-state index in [9.17, 15) is 4.79 Å². The summed E-state index contributed by atoms with van der Waals surface area (Å²) >= 11 is 0. The predicted octanol–water partition coefficient (Wildman–Crippen LogP) is 1.70. The molecule has 0 unspecified atom stereocenters. The number of carbonyl (C=O) groups is 1. The average Bonchev–Trinajstić information content (AvgIpc) is 3.09. The second-order valence-electron chi connectivity index (χ2n) is 5.52. The summed E-state index contributed by atoms with van der Waals surface area (Å²) < 4.78 is 0. The van der Waals surface area contributed by atoms with Crippen molar-refractivity contribution < 1.29 is 4.79 Å². The minimum Gasteiger partial charge on any atom is -0.354 e. The van der Waals surface area contributed by atoms with Crippen molar-refractivity contribution in [2.45, 2.75) is 50.5 Å². The van der Waals surface area contributed by atoms with E-state index in [0.29, 0.717) is 0 Å². The smallest absolute Gasteiger partial charge is 0.240 e. The summed E-state index contributed by atoms with van der Waals surface area (Å²) in [7, 11) is 0. The Kier molecular flexibility index (Phi) is 8.99. The number of amides is 1. The summed E-state index contributed by atoms with van der Waals surface area (Å²) in [5.74, 6) is 0.0494.